The van der Waals surface area contributed by atoms with E-state index in [9.17, 15) is 5.11 Å². The predicted octanol–water partition coefficient (Wildman–Crippen LogP) is 7.46. The number of hydrogen-bond donors (Lipinski definition) is 2. The van der Waals surface area contributed by atoms with E-state index >= 15 is 0 Å². The lowest BCUT2D eigenvalue weighted by Crippen LogP contribution is -2.35. The molecule has 3 aromatic rings. The summed E-state index contributed by atoms with van der Waals surface area (Å²) >= 11 is 0. The van der Waals surface area contributed by atoms with Crippen molar-refractivity contribution in [3.8, 4) is 28.4 Å². The summed E-state index contributed by atoms with van der Waals surface area (Å²) in [4.78, 5) is 0. The van der Waals surface area contributed by atoms with E-state index < -0.39 is 0 Å². The van der Waals surface area contributed by atoms with E-state index in [1.54, 1.807) is 0 Å². The van der Waals surface area contributed by atoms with Crippen molar-refractivity contribution in [2.45, 2.75) is 59.0 Å². The van der Waals surface area contributed by atoms with Gasteiger partial charge in [-0.05, 0) is 67.6 Å². The molecule has 0 radical (unpaired) electrons. The van der Waals surface area contributed by atoms with Crippen LogP contribution in [0.5, 0.6) is 17.2 Å². The van der Waals surface area contributed by atoms with Crippen molar-refractivity contribution in [1.82, 2.24) is 5.32 Å². The summed E-state index contributed by atoms with van der Waals surface area (Å²) in [5.41, 5.74) is 3.88. The molecule has 0 bridgehead atoms. The topological polar surface area (TPSA) is 41.5 Å². The first-order valence-corrected chi connectivity index (χ1v) is 10.5. The lowest BCUT2D eigenvalue weighted by Gasteiger charge is -2.25. The van der Waals surface area contributed by atoms with Crippen molar-refractivity contribution in [2.24, 2.45) is 0 Å². The highest BCUT2D eigenvalue weighted by molar-refractivity contribution is 5.85. The molecule has 3 aromatic carbocycles. The van der Waals surface area contributed by atoms with Crippen LogP contribution in [0.1, 0.15) is 52.7 Å². The first-order valence-electron chi connectivity index (χ1n) is 10.5. The number of aromatic hydroxyl groups is 1. The van der Waals surface area contributed by atoms with Crippen LogP contribution in [0.15, 0.2) is 66.7 Å². The quantitative estimate of drug-likeness (QED) is 0.433. The molecule has 0 heterocycles. The van der Waals surface area contributed by atoms with Gasteiger partial charge in [-0.25, -0.2) is 0 Å². The summed E-state index contributed by atoms with van der Waals surface area (Å²) in [6.45, 7) is 13.6. The van der Waals surface area contributed by atoms with Crippen LogP contribution in [-0.2, 0) is 12.0 Å². The van der Waals surface area contributed by atoms with Crippen molar-refractivity contribution in [1.29, 1.82) is 0 Å². The number of hydrogen-bond acceptors (Lipinski definition) is 3. The van der Waals surface area contributed by atoms with Crippen LogP contribution in [0.2, 0.25) is 0 Å². The Labute approximate surface area is 192 Å². The molecule has 0 aliphatic carbocycles. The number of halogens is 1. The van der Waals surface area contributed by atoms with E-state index in [0.717, 1.165) is 28.2 Å². The molecule has 4 heteroatoms. The molecule has 0 saturated heterocycles. The number of benzene rings is 3. The summed E-state index contributed by atoms with van der Waals surface area (Å²) in [7, 11) is 0. The monoisotopic (exact) mass is 439 g/mol. The van der Waals surface area contributed by atoms with Gasteiger partial charge in [-0.15, -0.1) is 12.4 Å². The molecule has 0 fully saturated rings. The molecule has 0 unspecified atom stereocenters. The van der Waals surface area contributed by atoms with Crippen LogP contribution in [0.25, 0.3) is 11.1 Å². The van der Waals surface area contributed by atoms with E-state index in [2.05, 4.69) is 59.0 Å². The maximum atomic E-state index is 11.1. The molecule has 0 aliphatic heterocycles. The maximum absolute atomic E-state index is 11.1. The molecule has 31 heavy (non-hydrogen) atoms. The molecule has 0 amide bonds. The number of phenols is 1. The van der Waals surface area contributed by atoms with Crippen molar-refractivity contribution in [3.05, 3.63) is 77.9 Å². The Hall–Kier alpha value is -2.49. The largest absolute Gasteiger partial charge is 0.507 e. The average Bonchev–Trinajstić information content (AvgIpc) is 2.67. The number of ether oxygens (including phenoxy) is 1. The molecule has 3 nitrogen and oxygen atoms in total. The van der Waals surface area contributed by atoms with Crippen LogP contribution < -0.4 is 10.1 Å². The number of nitrogens with one attached hydrogen (secondary N) is 1. The molecule has 0 atom stereocenters. The second-order valence-corrected chi connectivity index (χ2v) is 9.82. The number of phenolic OH excluding ortho intramolecular Hbond substituents is 1. The third-order valence-corrected chi connectivity index (χ3v) is 5.01. The van der Waals surface area contributed by atoms with E-state index in [1.165, 1.54) is 5.56 Å². The smallest absolute Gasteiger partial charge is 0.127 e. The molecule has 0 saturated carbocycles. The summed E-state index contributed by atoms with van der Waals surface area (Å²) in [5.74, 6) is 1.90. The fourth-order valence-corrected chi connectivity index (χ4v) is 3.17. The van der Waals surface area contributed by atoms with Crippen LogP contribution in [0.4, 0.5) is 0 Å². The average molecular weight is 440 g/mol. The van der Waals surface area contributed by atoms with Gasteiger partial charge in [0.15, 0.2) is 0 Å². The molecule has 0 spiro atoms. The third kappa shape index (κ3) is 6.75. The summed E-state index contributed by atoms with van der Waals surface area (Å²) < 4.78 is 5.90. The zero-order chi connectivity index (χ0) is 21.9. The SMILES string of the molecule is CC(C)(C)NCc1cc(C(C)(C)C)cc(-c2ccc(Oc3ccccc3)cc2)c1O.Cl. The van der Waals surface area contributed by atoms with Gasteiger partial charge >= 0.3 is 0 Å². The van der Waals surface area contributed by atoms with Crippen LogP contribution in [-0.4, -0.2) is 10.6 Å². The lowest BCUT2D eigenvalue weighted by molar-refractivity contribution is 0.411. The van der Waals surface area contributed by atoms with Crippen molar-refractivity contribution < 1.29 is 9.84 Å². The van der Waals surface area contributed by atoms with Gasteiger partial charge in [0.2, 0.25) is 0 Å². The van der Waals surface area contributed by atoms with Gasteiger partial charge in [-0.2, -0.15) is 0 Å². The number of rotatable bonds is 5. The normalized spacial score (nSPS) is 11.7. The maximum Gasteiger partial charge on any atom is 0.127 e. The minimum absolute atomic E-state index is 0. The number of para-hydroxylation sites is 1. The second-order valence-electron chi connectivity index (χ2n) is 9.82. The summed E-state index contributed by atoms with van der Waals surface area (Å²) in [5, 5.41) is 14.6. The van der Waals surface area contributed by atoms with E-state index in [4.69, 9.17) is 4.74 Å². The fraction of sp³-hybridized carbons (Fsp3) is 0.333. The Balaban J connectivity index is 0.00000341. The van der Waals surface area contributed by atoms with Gasteiger partial charge in [0, 0.05) is 23.2 Å². The molecule has 0 aromatic heterocycles. The highest BCUT2D eigenvalue weighted by Gasteiger charge is 2.20. The molecule has 3 rings (SSSR count). The lowest BCUT2D eigenvalue weighted by atomic mass is 9.83. The highest BCUT2D eigenvalue weighted by Crippen LogP contribution is 2.38. The standard InChI is InChI=1S/C27H33NO2.ClH/c1-26(2,3)21-16-20(18-28-27(4,5)6)25(29)24(17-21)19-12-14-23(15-13-19)30-22-10-8-7-9-11-22;/h7-17,28-29H,18H2,1-6H3;1H. The zero-order valence-corrected chi connectivity index (χ0v) is 20.1. The van der Waals surface area contributed by atoms with Crippen molar-refractivity contribution >= 4 is 12.4 Å². The van der Waals surface area contributed by atoms with Crippen molar-refractivity contribution in [3.63, 3.8) is 0 Å². The molecule has 0 aliphatic rings. The van der Waals surface area contributed by atoms with Gasteiger partial charge in [0.25, 0.3) is 0 Å². The Morgan fingerprint density at radius 1 is 0.806 bits per heavy atom. The van der Waals surface area contributed by atoms with Crippen LogP contribution in [0.3, 0.4) is 0 Å². The van der Waals surface area contributed by atoms with E-state index in [-0.39, 0.29) is 23.4 Å². The Morgan fingerprint density at radius 3 is 1.94 bits per heavy atom. The third-order valence-electron chi connectivity index (χ3n) is 5.01. The summed E-state index contributed by atoms with van der Waals surface area (Å²) in [6.07, 6.45) is 0. The van der Waals surface area contributed by atoms with E-state index in [0.29, 0.717) is 12.3 Å². The van der Waals surface area contributed by atoms with Gasteiger partial charge in [-0.1, -0.05) is 57.2 Å². The molecular weight excluding hydrogens is 406 g/mol. The fourth-order valence-electron chi connectivity index (χ4n) is 3.17. The Kier molecular flexibility index (Phi) is 7.80. The molecule has 2 N–H and O–H groups in total. The van der Waals surface area contributed by atoms with Gasteiger partial charge in [0.1, 0.15) is 17.2 Å². The minimum atomic E-state index is -0.0270. The predicted molar refractivity (Wildman–Crippen MR) is 133 cm³/mol. The van der Waals surface area contributed by atoms with Crippen LogP contribution >= 0.6 is 12.4 Å². The van der Waals surface area contributed by atoms with Gasteiger partial charge in [-0.3, -0.25) is 0 Å². The van der Waals surface area contributed by atoms with Gasteiger partial charge < -0.3 is 15.2 Å². The minimum Gasteiger partial charge on any atom is -0.507 e. The summed E-state index contributed by atoms with van der Waals surface area (Å²) in [6, 6.07) is 21.8. The highest BCUT2D eigenvalue weighted by atomic mass is 35.5. The second kappa shape index (κ2) is 9.76. The Bertz CT molecular complexity index is 985. The first-order chi connectivity index (χ1) is 14.0. The molecular formula is C27H34ClNO2. The molecule has 166 valence electrons. The van der Waals surface area contributed by atoms with Crippen molar-refractivity contribution in [2.75, 3.05) is 0 Å². The first kappa shape index (κ1) is 24.8. The van der Waals surface area contributed by atoms with E-state index in [1.807, 2.05) is 54.6 Å². The van der Waals surface area contributed by atoms with Crippen LogP contribution in [0, 0.1) is 0 Å². The van der Waals surface area contributed by atoms with Gasteiger partial charge in [0.05, 0.1) is 0 Å². The Morgan fingerprint density at radius 2 is 1.39 bits per heavy atom. The zero-order valence-electron chi connectivity index (χ0n) is 19.3.